The molecule has 0 aliphatic rings. The van der Waals surface area contributed by atoms with Gasteiger partial charge in [-0.3, -0.25) is 0 Å². The number of aliphatic hydroxyl groups excluding tert-OH is 1. The molecule has 0 saturated heterocycles. The average molecular weight is 467 g/mol. The largest absolute Gasteiger partial charge is 0.493 e. The van der Waals surface area contributed by atoms with E-state index in [9.17, 15) is 5.11 Å². The van der Waals surface area contributed by atoms with E-state index in [1.54, 1.807) is 14.2 Å². The first-order valence-electron chi connectivity index (χ1n) is 12.8. The molecule has 6 heteroatoms. The number of rotatable bonds is 19. The second kappa shape index (κ2) is 17.1. The Morgan fingerprint density at radius 1 is 1.03 bits per heavy atom. The maximum absolute atomic E-state index is 10.7. The van der Waals surface area contributed by atoms with E-state index in [2.05, 4.69) is 45.1 Å². The van der Waals surface area contributed by atoms with Gasteiger partial charge in [-0.15, -0.1) is 0 Å². The molecule has 1 aromatic carbocycles. The number of benzene rings is 1. The zero-order valence-corrected chi connectivity index (χ0v) is 21.9. The first-order chi connectivity index (χ1) is 15.8. The van der Waals surface area contributed by atoms with Crippen LogP contribution in [0.4, 0.5) is 0 Å². The minimum absolute atomic E-state index is 0.254. The topological polar surface area (TPSA) is 86.0 Å². The smallest absolute Gasteiger partial charge is 0.161 e. The van der Waals surface area contributed by atoms with E-state index in [1.165, 1.54) is 24.8 Å². The zero-order chi connectivity index (χ0) is 24.6. The zero-order valence-electron chi connectivity index (χ0n) is 21.9. The summed E-state index contributed by atoms with van der Waals surface area (Å²) in [7, 11) is 3.35. The summed E-state index contributed by atoms with van der Waals surface area (Å²) in [6, 6.07) is 6.29. The SMILES string of the molecule is CCCCC[C@H](C)NC[C@H](O)[C@@H](N)C[C@H](Cc1ccc(OC)c(OCCCOC)c1)C(C)C. The van der Waals surface area contributed by atoms with Crippen LogP contribution in [0.5, 0.6) is 11.5 Å². The lowest BCUT2D eigenvalue weighted by Crippen LogP contribution is -2.45. The molecule has 0 saturated carbocycles. The third-order valence-electron chi connectivity index (χ3n) is 6.40. The summed E-state index contributed by atoms with van der Waals surface area (Å²) < 4.78 is 16.5. The monoisotopic (exact) mass is 466 g/mol. The van der Waals surface area contributed by atoms with E-state index in [0.29, 0.717) is 37.6 Å². The molecule has 0 bridgehead atoms. The fourth-order valence-corrected chi connectivity index (χ4v) is 4.02. The predicted molar refractivity (Wildman–Crippen MR) is 137 cm³/mol. The van der Waals surface area contributed by atoms with Crippen molar-refractivity contribution in [2.75, 3.05) is 34.0 Å². The summed E-state index contributed by atoms with van der Waals surface area (Å²) >= 11 is 0. The maximum atomic E-state index is 10.7. The Kier molecular flexibility index (Phi) is 15.4. The van der Waals surface area contributed by atoms with Crippen molar-refractivity contribution in [1.82, 2.24) is 5.32 Å². The van der Waals surface area contributed by atoms with E-state index < -0.39 is 6.10 Å². The summed E-state index contributed by atoms with van der Waals surface area (Å²) in [6.07, 6.45) is 6.80. The fraction of sp³-hybridized carbons (Fsp3) is 0.778. The number of unbranched alkanes of at least 4 members (excludes halogenated alkanes) is 2. The van der Waals surface area contributed by atoms with Gasteiger partial charge in [0.1, 0.15) is 0 Å². The van der Waals surface area contributed by atoms with Gasteiger partial charge in [0.2, 0.25) is 0 Å². The number of nitrogens with one attached hydrogen (secondary N) is 1. The highest BCUT2D eigenvalue weighted by Crippen LogP contribution is 2.31. The number of ether oxygens (including phenoxy) is 3. The van der Waals surface area contributed by atoms with Gasteiger partial charge in [-0.25, -0.2) is 0 Å². The van der Waals surface area contributed by atoms with E-state index in [4.69, 9.17) is 19.9 Å². The molecule has 4 N–H and O–H groups in total. The molecule has 192 valence electrons. The minimum Gasteiger partial charge on any atom is -0.493 e. The summed E-state index contributed by atoms with van der Waals surface area (Å²) in [4.78, 5) is 0. The molecule has 0 amide bonds. The van der Waals surface area contributed by atoms with Gasteiger partial charge in [-0.1, -0.05) is 46.1 Å². The molecule has 0 spiro atoms. The normalized spacial score (nSPS) is 15.3. The van der Waals surface area contributed by atoms with Gasteiger partial charge in [0.15, 0.2) is 11.5 Å². The van der Waals surface area contributed by atoms with E-state index in [0.717, 1.165) is 37.2 Å². The van der Waals surface area contributed by atoms with Crippen LogP contribution in [-0.4, -0.2) is 57.3 Å². The number of nitrogens with two attached hydrogens (primary N) is 1. The van der Waals surface area contributed by atoms with Gasteiger partial charge in [-0.05, 0) is 55.7 Å². The highest BCUT2D eigenvalue weighted by molar-refractivity contribution is 5.43. The highest BCUT2D eigenvalue weighted by atomic mass is 16.5. The summed E-state index contributed by atoms with van der Waals surface area (Å²) in [6.45, 7) is 10.7. The van der Waals surface area contributed by atoms with Gasteiger partial charge in [-0.2, -0.15) is 0 Å². The number of hydrogen-bond acceptors (Lipinski definition) is 6. The molecular weight excluding hydrogens is 416 g/mol. The number of methoxy groups -OCH3 is 2. The van der Waals surface area contributed by atoms with Crippen molar-refractivity contribution in [2.24, 2.45) is 17.6 Å². The molecular formula is C27H50N2O4. The lowest BCUT2D eigenvalue weighted by Gasteiger charge is -2.28. The molecule has 1 aromatic rings. The van der Waals surface area contributed by atoms with E-state index >= 15 is 0 Å². The average Bonchev–Trinajstić information content (AvgIpc) is 2.80. The first-order valence-corrected chi connectivity index (χ1v) is 12.8. The minimum atomic E-state index is -0.546. The lowest BCUT2D eigenvalue weighted by molar-refractivity contribution is 0.121. The molecule has 6 nitrogen and oxygen atoms in total. The Labute approximate surface area is 202 Å². The van der Waals surface area contributed by atoms with Crippen LogP contribution in [0.25, 0.3) is 0 Å². The van der Waals surface area contributed by atoms with Crippen molar-refractivity contribution < 1.29 is 19.3 Å². The summed E-state index contributed by atoms with van der Waals surface area (Å²) in [5.41, 5.74) is 7.64. The fourth-order valence-electron chi connectivity index (χ4n) is 4.02. The molecule has 1 rings (SSSR count). The van der Waals surface area contributed by atoms with Crippen molar-refractivity contribution in [2.45, 2.75) is 90.8 Å². The van der Waals surface area contributed by atoms with Gasteiger partial charge in [0, 0.05) is 38.8 Å². The van der Waals surface area contributed by atoms with Crippen LogP contribution < -0.4 is 20.5 Å². The quantitative estimate of drug-likeness (QED) is 0.259. The standard InChI is InChI=1S/C27H50N2O4/c1-7-8-9-11-21(4)29-19-25(30)24(28)18-23(20(2)3)16-22-12-13-26(32-6)27(17-22)33-15-10-14-31-5/h12-13,17,20-21,23-25,29-30H,7-11,14-16,18-19,28H2,1-6H3/t21-,23-,24-,25-/m0/s1. The summed E-state index contributed by atoms with van der Waals surface area (Å²) in [5.74, 6) is 2.33. The van der Waals surface area contributed by atoms with E-state index in [-0.39, 0.29) is 6.04 Å². The maximum Gasteiger partial charge on any atom is 0.161 e. The molecule has 33 heavy (non-hydrogen) atoms. The Balaban J connectivity index is 2.66. The molecule has 0 unspecified atom stereocenters. The van der Waals surface area contributed by atoms with Gasteiger partial charge in [0.25, 0.3) is 0 Å². The predicted octanol–water partition coefficient (Wildman–Crippen LogP) is 4.56. The molecule has 0 heterocycles. The molecule has 0 radical (unpaired) electrons. The van der Waals surface area contributed by atoms with Crippen molar-refractivity contribution in [3.8, 4) is 11.5 Å². The van der Waals surface area contributed by atoms with Crippen LogP contribution in [0.3, 0.4) is 0 Å². The van der Waals surface area contributed by atoms with Gasteiger partial charge in [0.05, 0.1) is 19.8 Å². The van der Waals surface area contributed by atoms with Crippen LogP contribution in [0.2, 0.25) is 0 Å². The van der Waals surface area contributed by atoms with Gasteiger partial charge >= 0.3 is 0 Å². The second-order valence-corrected chi connectivity index (χ2v) is 9.66. The number of hydrogen-bond donors (Lipinski definition) is 3. The lowest BCUT2D eigenvalue weighted by atomic mass is 9.83. The molecule has 4 atom stereocenters. The molecule has 0 aliphatic heterocycles. The molecule has 0 fully saturated rings. The molecule has 0 aliphatic carbocycles. The Morgan fingerprint density at radius 3 is 2.42 bits per heavy atom. The number of aliphatic hydroxyl groups is 1. The highest BCUT2D eigenvalue weighted by Gasteiger charge is 2.23. The third kappa shape index (κ3) is 12.1. The van der Waals surface area contributed by atoms with Crippen molar-refractivity contribution >= 4 is 0 Å². The Morgan fingerprint density at radius 2 is 1.79 bits per heavy atom. The Hall–Kier alpha value is -1.34. The Bertz CT molecular complexity index is 626. The third-order valence-corrected chi connectivity index (χ3v) is 6.40. The first kappa shape index (κ1) is 29.7. The van der Waals surface area contributed by atoms with E-state index in [1.807, 2.05) is 6.07 Å². The van der Waals surface area contributed by atoms with Crippen LogP contribution in [-0.2, 0) is 11.2 Å². The van der Waals surface area contributed by atoms with Crippen LogP contribution in [0, 0.1) is 11.8 Å². The van der Waals surface area contributed by atoms with Gasteiger partial charge < -0.3 is 30.4 Å². The van der Waals surface area contributed by atoms with Crippen LogP contribution >= 0.6 is 0 Å². The second-order valence-electron chi connectivity index (χ2n) is 9.66. The van der Waals surface area contributed by atoms with Crippen LogP contribution in [0.1, 0.15) is 71.8 Å². The summed E-state index contributed by atoms with van der Waals surface area (Å²) in [5, 5.41) is 14.1. The van der Waals surface area contributed by atoms with Crippen molar-refractivity contribution in [1.29, 1.82) is 0 Å². The van der Waals surface area contributed by atoms with Crippen molar-refractivity contribution in [3.05, 3.63) is 23.8 Å². The van der Waals surface area contributed by atoms with Crippen molar-refractivity contribution in [3.63, 3.8) is 0 Å². The van der Waals surface area contributed by atoms with Crippen LogP contribution in [0.15, 0.2) is 18.2 Å². The molecule has 0 aromatic heterocycles.